The first-order valence-electron chi connectivity index (χ1n) is 7.81. The fourth-order valence-electron chi connectivity index (χ4n) is 2.20. The predicted molar refractivity (Wildman–Crippen MR) is 92.6 cm³/mol. The normalized spacial score (nSPS) is 10.3. The molecule has 2 aromatic rings. The number of hydrogen-bond donors (Lipinski definition) is 1. The van der Waals surface area contributed by atoms with Gasteiger partial charge in [0, 0.05) is 37.0 Å². The van der Waals surface area contributed by atoms with E-state index in [1.165, 1.54) is 38.7 Å². The van der Waals surface area contributed by atoms with E-state index in [9.17, 15) is 19.7 Å². The van der Waals surface area contributed by atoms with E-state index in [0.717, 1.165) is 6.07 Å². The molecule has 0 aliphatic carbocycles. The second-order valence-corrected chi connectivity index (χ2v) is 5.25. The highest BCUT2D eigenvalue weighted by atomic mass is 16.6. The number of carbonyl (C=O) groups is 2. The van der Waals surface area contributed by atoms with Crippen LogP contribution in [0.2, 0.25) is 0 Å². The average molecular weight is 378 g/mol. The Morgan fingerprint density at radius 2 is 2.00 bits per heavy atom. The van der Waals surface area contributed by atoms with Gasteiger partial charge in [-0.1, -0.05) is 0 Å². The third-order valence-electron chi connectivity index (χ3n) is 3.53. The number of nitrogens with zero attached hydrogens (tertiary/aromatic N) is 1. The zero-order valence-electron chi connectivity index (χ0n) is 14.7. The SMILES string of the molecule is COCCNc1ccc([N+](=O)[O-])cc1C(=O)OCc1ccoc1C(=O)OC. The Hall–Kier alpha value is -3.40. The van der Waals surface area contributed by atoms with Gasteiger partial charge in [-0.15, -0.1) is 0 Å². The van der Waals surface area contributed by atoms with Gasteiger partial charge in [-0.2, -0.15) is 0 Å². The molecular weight excluding hydrogens is 360 g/mol. The molecule has 1 N–H and O–H groups in total. The van der Waals surface area contributed by atoms with Crippen molar-refractivity contribution in [1.29, 1.82) is 0 Å². The molecule has 0 aliphatic heterocycles. The number of esters is 2. The molecule has 0 spiro atoms. The van der Waals surface area contributed by atoms with Gasteiger partial charge >= 0.3 is 11.9 Å². The predicted octanol–water partition coefficient (Wildman–Crippen LogP) is 2.39. The van der Waals surface area contributed by atoms with Gasteiger partial charge in [0.1, 0.15) is 6.61 Å². The lowest BCUT2D eigenvalue weighted by molar-refractivity contribution is -0.384. The number of anilines is 1. The Balaban J connectivity index is 2.18. The van der Waals surface area contributed by atoms with E-state index in [4.69, 9.17) is 13.9 Å². The van der Waals surface area contributed by atoms with Crippen molar-refractivity contribution in [3.63, 3.8) is 0 Å². The molecule has 0 aliphatic rings. The zero-order valence-corrected chi connectivity index (χ0v) is 14.7. The Labute approximate surface area is 154 Å². The molecule has 1 aromatic heterocycles. The summed E-state index contributed by atoms with van der Waals surface area (Å²) in [6.45, 7) is 0.506. The van der Waals surface area contributed by atoms with Crippen LogP contribution in [0.15, 0.2) is 34.9 Å². The molecule has 0 fully saturated rings. The van der Waals surface area contributed by atoms with E-state index in [2.05, 4.69) is 10.1 Å². The minimum atomic E-state index is -0.796. The Kier molecular flexibility index (Phi) is 6.89. The molecule has 10 nitrogen and oxygen atoms in total. The van der Waals surface area contributed by atoms with Crippen LogP contribution in [0.25, 0.3) is 0 Å². The maximum atomic E-state index is 12.5. The van der Waals surface area contributed by atoms with Crippen LogP contribution in [-0.2, 0) is 20.8 Å². The quantitative estimate of drug-likeness (QED) is 0.302. The Bertz CT molecular complexity index is 830. The first-order valence-corrected chi connectivity index (χ1v) is 7.81. The van der Waals surface area contributed by atoms with Crippen molar-refractivity contribution < 1.29 is 33.1 Å². The Morgan fingerprint density at radius 3 is 2.67 bits per heavy atom. The fraction of sp³-hybridized carbons (Fsp3) is 0.294. The molecule has 0 saturated carbocycles. The van der Waals surface area contributed by atoms with E-state index in [1.54, 1.807) is 0 Å². The van der Waals surface area contributed by atoms with E-state index in [0.29, 0.717) is 24.4 Å². The van der Waals surface area contributed by atoms with Crippen LogP contribution in [0.3, 0.4) is 0 Å². The van der Waals surface area contributed by atoms with Crippen molar-refractivity contribution in [2.45, 2.75) is 6.61 Å². The zero-order chi connectivity index (χ0) is 19.8. The number of ether oxygens (including phenoxy) is 3. The average Bonchev–Trinajstić information content (AvgIpc) is 3.14. The molecule has 0 unspecified atom stereocenters. The van der Waals surface area contributed by atoms with Gasteiger partial charge in [0.15, 0.2) is 0 Å². The molecule has 144 valence electrons. The monoisotopic (exact) mass is 378 g/mol. The lowest BCUT2D eigenvalue weighted by atomic mass is 10.1. The van der Waals surface area contributed by atoms with Gasteiger partial charge in [-0.3, -0.25) is 10.1 Å². The molecular formula is C17H18N2O8. The van der Waals surface area contributed by atoms with Crippen LogP contribution >= 0.6 is 0 Å². The number of methoxy groups -OCH3 is 2. The molecule has 0 amide bonds. The lowest BCUT2D eigenvalue weighted by Crippen LogP contribution is -2.14. The third kappa shape index (κ3) is 5.05. The second-order valence-electron chi connectivity index (χ2n) is 5.25. The van der Waals surface area contributed by atoms with Crippen molar-refractivity contribution >= 4 is 23.3 Å². The van der Waals surface area contributed by atoms with Crippen molar-refractivity contribution in [2.24, 2.45) is 0 Å². The summed E-state index contributed by atoms with van der Waals surface area (Å²) in [6, 6.07) is 5.28. The number of non-ortho nitro benzene ring substituents is 1. The number of carbonyl (C=O) groups excluding carboxylic acids is 2. The summed E-state index contributed by atoms with van der Waals surface area (Å²) in [5.74, 6) is -1.58. The smallest absolute Gasteiger partial charge is 0.374 e. The molecule has 0 saturated heterocycles. The van der Waals surface area contributed by atoms with Crippen LogP contribution in [-0.4, -0.2) is 44.2 Å². The topological polar surface area (TPSA) is 130 Å². The highest BCUT2D eigenvalue weighted by Crippen LogP contribution is 2.24. The highest BCUT2D eigenvalue weighted by molar-refractivity contribution is 5.96. The summed E-state index contributed by atoms with van der Waals surface area (Å²) in [4.78, 5) is 34.4. The number of nitro groups is 1. The molecule has 27 heavy (non-hydrogen) atoms. The number of rotatable bonds is 9. The third-order valence-corrected chi connectivity index (χ3v) is 3.53. The highest BCUT2D eigenvalue weighted by Gasteiger charge is 2.21. The summed E-state index contributed by atoms with van der Waals surface area (Å²) >= 11 is 0. The number of nitro benzene ring substituents is 1. The minimum absolute atomic E-state index is 0.0107. The molecule has 10 heteroatoms. The van der Waals surface area contributed by atoms with Crippen molar-refractivity contribution in [3.8, 4) is 0 Å². The summed E-state index contributed by atoms with van der Waals surface area (Å²) in [5.41, 5.74) is 0.416. The van der Waals surface area contributed by atoms with E-state index in [1.807, 2.05) is 0 Å². The lowest BCUT2D eigenvalue weighted by Gasteiger charge is -2.11. The number of benzene rings is 1. The van der Waals surface area contributed by atoms with E-state index >= 15 is 0 Å². The first-order chi connectivity index (χ1) is 13.0. The maximum absolute atomic E-state index is 12.5. The van der Waals surface area contributed by atoms with Crippen LogP contribution in [0.1, 0.15) is 26.5 Å². The summed E-state index contributed by atoms with van der Waals surface area (Å²) in [7, 11) is 2.72. The Morgan fingerprint density at radius 1 is 1.22 bits per heavy atom. The molecule has 0 bridgehead atoms. The van der Waals surface area contributed by atoms with Crippen LogP contribution in [0, 0.1) is 10.1 Å². The first kappa shape index (κ1) is 19.9. The summed E-state index contributed by atoms with van der Waals surface area (Å²) in [5, 5.41) is 13.9. The second kappa shape index (κ2) is 9.34. The van der Waals surface area contributed by atoms with Gasteiger partial charge in [0.2, 0.25) is 5.76 Å². The van der Waals surface area contributed by atoms with Crippen molar-refractivity contribution in [2.75, 3.05) is 32.7 Å². The molecule has 2 rings (SSSR count). The summed E-state index contributed by atoms with van der Waals surface area (Å²) < 4.78 is 19.7. The molecule has 0 radical (unpaired) electrons. The molecule has 0 atom stereocenters. The van der Waals surface area contributed by atoms with Gasteiger partial charge < -0.3 is 23.9 Å². The molecule has 1 aromatic carbocycles. The summed E-state index contributed by atoms with van der Waals surface area (Å²) in [6.07, 6.45) is 1.26. The number of furan rings is 1. The standard InChI is InChI=1S/C17H18N2O8/c1-24-8-6-18-14-4-3-12(19(22)23)9-13(14)16(20)27-10-11-5-7-26-15(11)17(21)25-2/h3-5,7,9,18H,6,8,10H2,1-2H3. The maximum Gasteiger partial charge on any atom is 0.374 e. The van der Waals surface area contributed by atoms with E-state index < -0.39 is 16.9 Å². The van der Waals surface area contributed by atoms with Crippen molar-refractivity contribution in [3.05, 3.63) is 57.5 Å². The minimum Gasteiger partial charge on any atom is -0.463 e. The molecule has 1 heterocycles. The van der Waals surface area contributed by atoms with Gasteiger partial charge in [-0.05, 0) is 12.1 Å². The van der Waals surface area contributed by atoms with Crippen LogP contribution in [0.5, 0.6) is 0 Å². The number of nitrogens with one attached hydrogen (secondary N) is 1. The fourth-order valence-corrected chi connectivity index (χ4v) is 2.20. The van der Waals surface area contributed by atoms with Crippen molar-refractivity contribution in [1.82, 2.24) is 0 Å². The van der Waals surface area contributed by atoms with Crippen LogP contribution in [0.4, 0.5) is 11.4 Å². The van der Waals surface area contributed by atoms with Gasteiger partial charge in [0.05, 0.1) is 30.5 Å². The largest absolute Gasteiger partial charge is 0.463 e. The van der Waals surface area contributed by atoms with E-state index in [-0.39, 0.29) is 23.6 Å². The number of hydrogen-bond acceptors (Lipinski definition) is 9. The van der Waals surface area contributed by atoms with Gasteiger partial charge in [-0.25, -0.2) is 9.59 Å². The van der Waals surface area contributed by atoms with Crippen LogP contribution < -0.4 is 5.32 Å². The van der Waals surface area contributed by atoms with Gasteiger partial charge in [0.25, 0.3) is 5.69 Å².